The molecule has 316 valence electrons. The van der Waals surface area contributed by atoms with Crippen molar-refractivity contribution in [2.24, 2.45) is 0 Å². The van der Waals surface area contributed by atoms with Gasteiger partial charge in [0.15, 0.2) is 17.5 Å². The second-order valence-corrected chi connectivity index (χ2v) is 19.7. The summed E-state index contributed by atoms with van der Waals surface area (Å²) in [4.78, 5) is 16.2. The van der Waals surface area contributed by atoms with E-state index in [0.29, 0.717) is 17.5 Å². The Morgan fingerprint density at radius 2 is 0.912 bits per heavy atom. The number of furan rings is 1. The number of nitrogens with zero attached hydrogens (tertiary/aromatic N) is 4. The second kappa shape index (κ2) is 14.5. The Kier molecular flexibility index (Phi) is 8.04. The molecule has 0 aliphatic rings. The number of hydrogen-bond acceptors (Lipinski definition) is 6. The van der Waals surface area contributed by atoms with Gasteiger partial charge in [-0.3, -0.25) is 0 Å². The molecule has 0 unspecified atom stereocenters. The average Bonchev–Trinajstić information content (AvgIpc) is 4.16. The van der Waals surface area contributed by atoms with E-state index in [2.05, 4.69) is 199 Å². The number of hydrogen-bond donors (Lipinski definition) is 0. The number of aromatic nitrogens is 4. The Balaban J connectivity index is 1.01. The third-order valence-corrected chi connectivity index (χ3v) is 15.9. The van der Waals surface area contributed by atoms with Crippen molar-refractivity contribution < 1.29 is 4.42 Å². The largest absolute Gasteiger partial charge is 0.456 e. The predicted octanol–water partition coefficient (Wildman–Crippen LogP) is 17.4. The van der Waals surface area contributed by atoms with Gasteiger partial charge in [0.05, 0.1) is 11.0 Å². The van der Waals surface area contributed by atoms with E-state index in [4.69, 9.17) is 19.4 Å². The summed E-state index contributed by atoms with van der Waals surface area (Å²) < 4.78 is 13.9. The number of para-hydroxylation sites is 2. The summed E-state index contributed by atoms with van der Waals surface area (Å²) in [6, 6.07) is 73.9. The molecular weight excluding hydrogens is 869 g/mol. The quantitative estimate of drug-likeness (QED) is 0.173. The van der Waals surface area contributed by atoms with Crippen molar-refractivity contribution in [2.75, 3.05) is 0 Å². The lowest BCUT2D eigenvalue weighted by atomic mass is 9.94. The summed E-state index contributed by atoms with van der Waals surface area (Å²) >= 11 is 3.60. The van der Waals surface area contributed by atoms with E-state index in [1.165, 1.54) is 61.9 Å². The van der Waals surface area contributed by atoms with Crippen molar-refractivity contribution in [3.8, 4) is 51.0 Å². The molecule has 68 heavy (non-hydrogen) atoms. The highest BCUT2D eigenvalue weighted by Gasteiger charge is 2.22. The van der Waals surface area contributed by atoms with Crippen LogP contribution in [-0.2, 0) is 0 Å². The first-order valence-corrected chi connectivity index (χ1v) is 24.4. The van der Waals surface area contributed by atoms with Gasteiger partial charge in [0.25, 0.3) is 0 Å². The Labute approximate surface area is 396 Å². The minimum atomic E-state index is 0.595. The van der Waals surface area contributed by atoms with Gasteiger partial charge in [-0.1, -0.05) is 133 Å². The van der Waals surface area contributed by atoms with E-state index in [1.807, 2.05) is 12.1 Å². The molecule has 5 heterocycles. The molecule has 10 aromatic carbocycles. The fraction of sp³-hybridized carbons (Fsp3) is 0. The molecule has 0 amide bonds. The lowest BCUT2D eigenvalue weighted by Crippen LogP contribution is -2.02. The standard InChI is InChI=1S/C61H34N4OS2/c1-2-13-36-31-51-49(30-35(36)12-1)40-14-3-7-19-50(40)65(51)39-26-29-46(48(34-39)45-18-11-21-53-58(45)47-17-4-8-20-52(47)66-53)61-63-59(37-24-27-43-41-15-5-9-22-54(41)67-56(43)32-37)62-60(64-61)38-25-28-44-42-16-6-10-23-55(42)68-57(44)33-38/h1-34H. The minimum Gasteiger partial charge on any atom is -0.456 e. The molecule has 0 N–H and O–H groups in total. The van der Waals surface area contributed by atoms with Crippen LogP contribution in [0.4, 0.5) is 0 Å². The van der Waals surface area contributed by atoms with Gasteiger partial charge in [-0.25, -0.2) is 15.0 Å². The zero-order chi connectivity index (χ0) is 44.5. The maximum atomic E-state index is 6.54. The van der Waals surface area contributed by atoms with Gasteiger partial charge in [0.2, 0.25) is 0 Å². The van der Waals surface area contributed by atoms with Crippen LogP contribution in [0.1, 0.15) is 0 Å². The summed E-state index contributed by atoms with van der Waals surface area (Å²) in [6.45, 7) is 0. The van der Waals surface area contributed by atoms with E-state index in [9.17, 15) is 0 Å². The second-order valence-electron chi connectivity index (χ2n) is 17.5. The van der Waals surface area contributed by atoms with Gasteiger partial charge in [-0.2, -0.15) is 0 Å². The van der Waals surface area contributed by atoms with Crippen molar-refractivity contribution in [3.63, 3.8) is 0 Å². The van der Waals surface area contributed by atoms with E-state index < -0.39 is 0 Å². The van der Waals surface area contributed by atoms with Crippen LogP contribution < -0.4 is 0 Å². The molecule has 0 atom stereocenters. The summed E-state index contributed by atoms with van der Waals surface area (Å²) in [7, 11) is 0. The fourth-order valence-corrected chi connectivity index (χ4v) is 12.8. The zero-order valence-electron chi connectivity index (χ0n) is 36.1. The summed E-state index contributed by atoms with van der Waals surface area (Å²) in [5.74, 6) is 1.84. The van der Waals surface area contributed by atoms with Crippen molar-refractivity contribution in [2.45, 2.75) is 0 Å². The first kappa shape index (κ1) is 37.7. The van der Waals surface area contributed by atoms with Crippen molar-refractivity contribution in [1.82, 2.24) is 19.5 Å². The normalized spacial score (nSPS) is 12.1. The monoisotopic (exact) mass is 902 g/mol. The van der Waals surface area contributed by atoms with Crippen molar-refractivity contribution in [3.05, 3.63) is 206 Å². The van der Waals surface area contributed by atoms with Crippen LogP contribution in [-0.4, -0.2) is 19.5 Å². The lowest BCUT2D eigenvalue weighted by molar-refractivity contribution is 0.669. The maximum absolute atomic E-state index is 6.54. The Morgan fingerprint density at radius 3 is 1.63 bits per heavy atom. The fourth-order valence-electron chi connectivity index (χ4n) is 10.5. The van der Waals surface area contributed by atoms with Gasteiger partial charge in [0.1, 0.15) is 11.2 Å². The molecule has 7 heteroatoms. The van der Waals surface area contributed by atoms with Crippen LogP contribution >= 0.6 is 22.7 Å². The summed E-state index contributed by atoms with van der Waals surface area (Å²) in [5, 5.41) is 11.9. The van der Waals surface area contributed by atoms with Crippen molar-refractivity contribution >= 4 is 118 Å². The van der Waals surface area contributed by atoms with E-state index >= 15 is 0 Å². The molecule has 0 aliphatic carbocycles. The van der Waals surface area contributed by atoms with Gasteiger partial charge >= 0.3 is 0 Å². The van der Waals surface area contributed by atoms with Crippen LogP contribution in [0.25, 0.3) is 146 Å². The van der Waals surface area contributed by atoms with Crippen LogP contribution in [0.2, 0.25) is 0 Å². The molecule has 0 aliphatic heterocycles. The molecule has 0 spiro atoms. The van der Waals surface area contributed by atoms with Gasteiger partial charge in [-0.05, 0) is 94.7 Å². The van der Waals surface area contributed by atoms with E-state index in [-0.39, 0.29) is 0 Å². The molecule has 15 aromatic rings. The third kappa shape index (κ3) is 5.70. The SMILES string of the molecule is c1ccc2cc3c(cc2c1)c1ccccc1n3-c1ccc(-c2nc(-c3ccc4c(c3)sc3ccccc34)nc(-c3ccc4c(c3)sc3ccccc34)n2)c(-c2cccc3oc4ccccc4c23)c1. The molecule has 15 rings (SSSR count). The van der Waals surface area contributed by atoms with Crippen LogP contribution in [0.5, 0.6) is 0 Å². The lowest BCUT2D eigenvalue weighted by Gasteiger charge is -2.16. The van der Waals surface area contributed by atoms with Crippen LogP contribution in [0, 0.1) is 0 Å². The van der Waals surface area contributed by atoms with E-state index in [1.54, 1.807) is 22.7 Å². The average molecular weight is 903 g/mol. The maximum Gasteiger partial charge on any atom is 0.164 e. The highest BCUT2D eigenvalue weighted by atomic mass is 32.1. The molecule has 0 saturated heterocycles. The summed E-state index contributed by atoms with van der Waals surface area (Å²) in [5.41, 5.74) is 9.81. The Morgan fingerprint density at radius 1 is 0.338 bits per heavy atom. The van der Waals surface area contributed by atoms with Gasteiger partial charge in [0, 0.05) is 84.3 Å². The molecule has 0 fully saturated rings. The molecular formula is C61H34N4OS2. The minimum absolute atomic E-state index is 0.595. The first-order valence-electron chi connectivity index (χ1n) is 22.7. The molecule has 5 aromatic heterocycles. The topological polar surface area (TPSA) is 56.7 Å². The Bertz CT molecular complexity index is 4460. The Hall–Kier alpha value is -8.49. The molecule has 0 radical (unpaired) electrons. The van der Waals surface area contributed by atoms with E-state index in [0.717, 1.165) is 66.5 Å². The van der Waals surface area contributed by atoms with Crippen LogP contribution in [0.15, 0.2) is 211 Å². The highest BCUT2D eigenvalue weighted by Crippen LogP contribution is 2.44. The van der Waals surface area contributed by atoms with Crippen LogP contribution in [0.3, 0.4) is 0 Å². The number of benzene rings is 10. The number of fused-ring (bicyclic) bond motifs is 13. The molecule has 5 nitrogen and oxygen atoms in total. The highest BCUT2D eigenvalue weighted by molar-refractivity contribution is 7.26. The number of thiophene rings is 2. The predicted molar refractivity (Wildman–Crippen MR) is 286 cm³/mol. The number of rotatable bonds is 5. The van der Waals surface area contributed by atoms with Gasteiger partial charge < -0.3 is 8.98 Å². The third-order valence-electron chi connectivity index (χ3n) is 13.6. The molecule has 0 bridgehead atoms. The van der Waals surface area contributed by atoms with Gasteiger partial charge in [-0.15, -0.1) is 22.7 Å². The summed E-state index contributed by atoms with van der Waals surface area (Å²) in [6.07, 6.45) is 0. The van der Waals surface area contributed by atoms with Crippen molar-refractivity contribution in [1.29, 1.82) is 0 Å². The smallest absolute Gasteiger partial charge is 0.164 e. The first-order chi connectivity index (χ1) is 33.7. The zero-order valence-corrected chi connectivity index (χ0v) is 37.8. The molecule has 0 saturated carbocycles.